The number of carbonyl (C=O) groups excluding carboxylic acids is 1. The highest BCUT2D eigenvalue weighted by Crippen LogP contribution is 2.19. The number of aliphatic hydroxyl groups excluding tert-OH is 2. The molecule has 0 aliphatic carbocycles. The summed E-state index contributed by atoms with van der Waals surface area (Å²) in [6.07, 6.45) is 1.15. The van der Waals surface area contributed by atoms with Crippen LogP contribution in [0.1, 0.15) is 34.6 Å². The molecule has 2 heterocycles. The predicted octanol–water partition coefficient (Wildman–Crippen LogP) is 0.0159. The fraction of sp³-hybridized carbons (Fsp3) is 0.571. The third-order valence-corrected chi connectivity index (χ3v) is 3.55. The van der Waals surface area contributed by atoms with Gasteiger partial charge in [-0.2, -0.15) is 0 Å². The van der Waals surface area contributed by atoms with Gasteiger partial charge in [0.15, 0.2) is 0 Å². The van der Waals surface area contributed by atoms with Gasteiger partial charge in [0, 0.05) is 31.3 Å². The summed E-state index contributed by atoms with van der Waals surface area (Å²) in [5.74, 6) is -0.455. The first-order chi connectivity index (χ1) is 9.65. The van der Waals surface area contributed by atoms with Crippen LogP contribution in [0.4, 0.5) is 0 Å². The molecule has 1 aliphatic rings. The van der Waals surface area contributed by atoms with Crippen molar-refractivity contribution < 1.29 is 19.7 Å². The number of esters is 1. The molecule has 0 aromatic carbocycles. The van der Waals surface area contributed by atoms with Gasteiger partial charge in [-0.15, -0.1) is 0 Å². The van der Waals surface area contributed by atoms with Crippen LogP contribution in [0, 0.1) is 0 Å². The Morgan fingerprint density at radius 2 is 2.40 bits per heavy atom. The van der Waals surface area contributed by atoms with Gasteiger partial charge in [-0.05, 0) is 24.5 Å². The monoisotopic (exact) mass is 280 g/mol. The molecule has 0 saturated heterocycles. The molecule has 1 aliphatic heterocycles. The fourth-order valence-electron chi connectivity index (χ4n) is 2.38. The van der Waals surface area contributed by atoms with Gasteiger partial charge in [0.1, 0.15) is 5.69 Å². The first-order valence-corrected chi connectivity index (χ1v) is 6.75. The standard InChI is InChI=1S/C14H20N2O4/c1-20-14(19)10-5-4-9-8-15-12(7-11(9)16-10)13(18)3-2-6-17/h4-5,12-13,15,17-18H,2-3,6-8H2,1H3. The van der Waals surface area contributed by atoms with Gasteiger partial charge >= 0.3 is 5.97 Å². The lowest BCUT2D eigenvalue weighted by Crippen LogP contribution is -2.44. The average molecular weight is 280 g/mol. The highest BCUT2D eigenvalue weighted by atomic mass is 16.5. The highest BCUT2D eigenvalue weighted by Gasteiger charge is 2.25. The minimum absolute atomic E-state index is 0.0745. The van der Waals surface area contributed by atoms with Crippen molar-refractivity contribution in [3.63, 3.8) is 0 Å². The normalized spacial score (nSPS) is 19.2. The molecule has 110 valence electrons. The summed E-state index contributed by atoms with van der Waals surface area (Å²) in [4.78, 5) is 15.8. The number of hydrogen-bond acceptors (Lipinski definition) is 6. The summed E-state index contributed by atoms with van der Waals surface area (Å²) >= 11 is 0. The Kier molecular flexibility index (Phi) is 5.05. The topological polar surface area (TPSA) is 91.7 Å². The number of fused-ring (bicyclic) bond motifs is 1. The van der Waals surface area contributed by atoms with Crippen LogP contribution in [0.5, 0.6) is 0 Å². The SMILES string of the molecule is COC(=O)c1ccc2c(n1)CC(C(O)CCCO)NC2. The molecule has 0 saturated carbocycles. The number of hydrogen-bond donors (Lipinski definition) is 3. The quantitative estimate of drug-likeness (QED) is 0.658. The summed E-state index contributed by atoms with van der Waals surface area (Å²) in [6, 6.07) is 3.40. The Morgan fingerprint density at radius 3 is 3.10 bits per heavy atom. The lowest BCUT2D eigenvalue weighted by Gasteiger charge is -2.29. The highest BCUT2D eigenvalue weighted by molar-refractivity contribution is 5.87. The zero-order valence-corrected chi connectivity index (χ0v) is 11.5. The molecule has 20 heavy (non-hydrogen) atoms. The van der Waals surface area contributed by atoms with Crippen LogP contribution in [0.25, 0.3) is 0 Å². The maximum absolute atomic E-state index is 11.5. The largest absolute Gasteiger partial charge is 0.464 e. The third kappa shape index (κ3) is 3.33. The molecule has 0 fully saturated rings. The van der Waals surface area contributed by atoms with E-state index in [4.69, 9.17) is 5.11 Å². The first-order valence-electron chi connectivity index (χ1n) is 6.75. The van der Waals surface area contributed by atoms with Crippen LogP contribution >= 0.6 is 0 Å². The Labute approximate surface area is 117 Å². The summed E-state index contributed by atoms with van der Waals surface area (Å²) in [5.41, 5.74) is 2.14. The Bertz CT molecular complexity index is 478. The zero-order chi connectivity index (χ0) is 14.5. The zero-order valence-electron chi connectivity index (χ0n) is 11.5. The number of ether oxygens (including phenoxy) is 1. The van der Waals surface area contributed by atoms with E-state index < -0.39 is 12.1 Å². The van der Waals surface area contributed by atoms with Crippen molar-refractivity contribution in [1.82, 2.24) is 10.3 Å². The van der Waals surface area contributed by atoms with Gasteiger partial charge in [0.25, 0.3) is 0 Å². The number of nitrogens with zero attached hydrogens (tertiary/aromatic N) is 1. The van der Waals surface area contributed by atoms with E-state index in [1.807, 2.05) is 6.07 Å². The van der Waals surface area contributed by atoms with E-state index in [0.29, 0.717) is 25.8 Å². The molecule has 1 aromatic heterocycles. The fourth-order valence-corrected chi connectivity index (χ4v) is 2.38. The molecular weight excluding hydrogens is 260 g/mol. The number of rotatable bonds is 5. The van der Waals surface area contributed by atoms with Gasteiger partial charge in [0.2, 0.25) is 0 Å². The van der Waals surface area contributed by atoms with E-state index in [1.54, 1.807) is 6.07 Å². The summed E-state index contributed by atoms with van der Waals surface area (Å²) in [6.45, 7) is 0.690. The Balaban J connectivity index is 2.09. The van der Waals surface area contributed by atoms with E-state index in [9.17, 15) is 9.90 Å². The Morgan fingerprint density at radius 1 is 1.60 bits per heavy atom. The number of methoxy groups -OCH3 is 1. The second-order valence-corrected chi connectivity index (χ2v) is 4.92. The minimum Gasteiger partial charge on any atom is -0.464 e. The lowest BCUT2D eigenvalue weighted by molar-refractivity contribution is 0.0593. The van der Waals surface area contributed by atoms with Crippen molar-refractivity contribution in [3.05, 3.63) is 29.1 Å². The number of nitrogens with one attached hydrogen (secondary N) is 1. The minimum atomic E-state index is -0.529. The van der Waals surface area contributed by atoms with Crippen LogP contribution in [-0.4, -0.2) is 47.0 Å². The van der Waals surface area contributed by atoms with Crippen molar-refractivity contribution in [3.8, 4) is 0 Å². The maximum Gasteiger partial charge on any atom is 0.356 e. The molecule has 6 heteroatoms. The van der Waals surface area contributed by atoms with Crippen LogP contribution in [-0.2, 0) is 17.7 Å². The Hall–Kier alpha value is -1.50. The van der Waals surface area contributed by atoms with E-state index in [0.717, 1.165) is 11.3 Å². The molecule has 0 bridgehead atoms. The number of pyridine rings is 1. The molecule has 3 N–H and O–H groups in total. The third-order valence-electron chi connectivity index (χ3n) is 3.55. The molecule has 0 amide bonds. The number of carbonyl (C=O) groups is 1. The van der Waals surface area contributed by atoms with E-state index in [1.165, 1.54) is 7.11 Å². The van der Waals surface area contributed by atoms with Crippen molar-refractivity contribution >= 4 is 5.97 Å². The second-order valence-electron chi connectivity index (χ2n) is 4.92. The number of aromatic nitrogens is 1. The van der Waals surface area contributed by atoms with Crippen molar-refractivity contribution in [2.75, 3.05) is 13.7 Å². The van der Waals surface area contributed by atoms with Crippen LogP contribution in [0.15, 0.2) is 12.1 Å². The van der Waals surface area contributed by atoms with Gasteiger partial charge in [0.05, 0.1) is 13.2 Å². The lowest BCUT2D eigenvalue weighted by atomic mass is 9.94. The predicted molar refractivity (Wildman–Crippen MR) is 72.2 cm³/mol. The second kappa shape index (κ2) is 6.78. The molecule has 2 rings (SSSR count). The van der Waals surface area contributed by atoms with Crippen molar-refractivity contribution in [2.24, 2.45) is 0 Å². The summed E-state index contributed by atoms with van der Waals surface area (Å²) in [5, 5.41) is 22.1. The van der Waals surface area contributed by atoms with Crippen molar-refractivity contribution in [1.29, 1.82) is 0 Å². The van der Waals surface area contributed by atoms with Gasteiger partial charge in [-0.1, -0.05) is 6.07 Å². The molecule has 6 nitrogen and oxygen atoms in total. The molecule has 2 atom stereocenters. The molecule has 0 spiro atoms. The summed E-state index contributed by atoms with van der Waals surface area (Å²) in [7, 11) is 1.33. The smallest absolute Gasteiger partial charge is 0.356 e. The molecule has 2 unspecified atom stereocenters. The van der Waals surface area contributed by atoms with Crippen LogP contribution in [0.2, 0.25) is 0 Å². The van der Waals surface area contributed by atoms with Crippen molar-refractivity contribution in [2.45, 2.75) is 38.0 Å². The van der Waals surface area contributed by atoms with Gasteiger partial charge < -0.3 is 20.3 Å². The van der Waals surface area contributed by atoms with E-state index >= 15 is 0 Å². The number of aliphatic hydroxyl groups is 2. The average Bonchev–Trinajstić information content (AvgIpc) is 2.50. The molecular formula is C14H20N2O4. The van der Waals surface area contributed by atoms with E-state index in [2.05, 4.69) is 15.0 Å². The molecule has 1 aromatic rings. The van der Waals surface area contributed by atoms with E-state index in [-0.39, 0.29) is 18.3 Å². The van der Waals surface area contributed by atoms with Gasteiger partial charge in [-0.25, -0.2) is 9.78 Å². The maximum atomic E-state index is 11.5. The van der Waals surface area contributed by atoms with Crippen LogP contribution < -0.4 is 5.32 Å². The van der Waals surface area contributed by atoms with Gasteiger partial charge in [-0.3, -0.25) is 0 Å². The molecule has 0 radical (unpaired) electrons. The van der Waals surface area contributed by atoms with Crippen LogP contribution in [0.3, 0.4) is 0 Å². The summed E-state index contributed by atoms with van der Waals surface area (Å²) < 4.78 is 4.66. The first kappa shape index (κ1) is 14.9.